The highest BCUT2D eigenvalue weighted by Crippen LogP contribution is 2.30. The van der Waals surface area contributed by atoms with Gasteiger partial charge in [0.15, 0.2) is 23.6 Å². The minimum Gasteiger partial charge on any atom is -0.476 e. The van der Waals surface area contributed by atoms with E-state index in [0.717, 1.165) is 11.5 Å². The maximum absolute atomic E-state index is 14.3. The number of nitrogens with two attached hydrogens (primary N) is 1. The number of rotatable bonds is 8. The Bertz CT molecular complexity index is 698. The molecule has 0 bridgehead atoms. The van der Waals surface area contributed by atoms with Gasteiger partial charge in [-0.05, 0) is 13.8 Å². The minimum absolute atomic E-state index is 0.108. The van der Waals surface area contributed by atoms with Crippen LogP contribution in [0.15, 0.2) is 6.33 Å². The van der Waals surface area contributed by atoms with E-state index in [1.54, 1.807) is 6.92 Å². The van der Waals surface area contributed by atoms with Crippen molar-refractivity contribution in [1.29, 1.82) is 0 Å². The van der Waals surface area contributed by atoms with Crippen molar-refractivity contribution in [2.45, 2.75) is 32.1 Å². The average Bonchev–Trinajstić information content (AvgIpc) is 2.96. The molecule has 24 heavy (non-hydrogen) atoms. The van der Waals surface area contributed by atoms with Crippen LogP contribution < -0.4 is 10.5 Å². The normalized spacial score (nSPS) is 16.8. The van der Waals surface area contributed by atoms with E-state index in [0.29, 0.717) is 6.61 Å². The van der Waals surface area contributed by atoms with Gasteiger partial charge in [0.1, 0.15) is 6.61 Å². The Hall–Kier alpha value is -2.11. The molecule has 0 unspecified atom stereocenters. The second kappa shape index (κ2) is 7.20. The fraction of sp³-hybridized carbons (Fsp3) is 0.615. The van der Waals surface area contributed by atoms with Crippen LogP contribution in [-0.2, 0) is 4.74 Å². The Morgan fingerprint density at radius 2 is 2.12 bits per heavy atom. The van der Waals surface area contributed by atoms with Gasteiger partial charge in [-0.1, -0.05) is 0 Å². The number of aromatic nitrogens is 4. The van der Waals surface area contributed by atoms with Crippen molar-refractivity contribution in [1.82, 2.24) is 19.5 Å². The highest BCUT2D eigenvalue weighted by Gasteiger charge is 2.41. The first-order valence-electron chi connectivity index (χ1n) is 7.21. The molecule has 0 amide bonds. The molecule has 0 aliphatic carbocycles. The number of aliphatic hydroxyl groups is 2. The van der Waals surface area contributed by atoms with Crippen LogP contribution in [0, 0.1) is 0 Å². The summed E-state index contributed by atoms with van der Waals surface area (Å²) in [4.78, 5) is 11.9. The molecule has 134 valence electrons. The van der Waals surface area contributed by atoms with E-state index in [-0.39, 0.29) is 23.0 Å². The average molecular weight is 347 g/mol. The van der Waals surface area contributed by atoms with Gasteiger partial charge < -0.3 is 25.4 Å². The molecular weight excluding hydrogens is 328 g/mol. The van der Waals surface area contributed by atoms with Crippen LogP contribution >= 0.6 is 0 Å². The molecule has 0 radical (unpaired) electrons. The molecule has 3 atom stereocenters. The minimum atomic E-state index is -2.99. The summed E-state index contributed by atoms with van der Waals surface area (Å²) in [7, 11) is 0. The predicted octanol–water partition coefficient (Wildman–Crippen LogP) is 0.331. The number of hydrogen-bond acceptors (Lipinski definition) is 8. The number of nitrogen functional groups attached to an aromatic ring is 1. The van der Waals surface area contributed by atoms with Crippen molar-refractivity contribution < 1.29 is 28.5 Å². The van der Waals surface area contributed by atoms with Gasteiger partial charge in [0.05, 0.1) is 19.5 Å². The summed E-state index contributed by atoms with van der Waals surface area (Å²) in [6.45, 7) is 0.981. The lowest BCUT2D eigenvalue weighted by Crippen LogP contribution is -2.43. The molecule has 0 saturated carbocycles. The molecule has 2 heterocycles. The molecule has 9 nitrogen and oxygen atoms in total. The Labute approximate surface area is 136 Å². The van der Waals surface area contributed by atoms with Crippen LogP contribution in [0.2, 0.25) is 0 Å². The number of hydrogen-bond donors (Lipinski definition) is 3. The Balaban J connectivity index is 2.46. The van der Waals surface area contributed by atoms with Gasteiger partial charge in [0.2, 0.25) is 11.8 Å². The van der Waals surface area contributed by atoms with Gasteiger partial charge >= 0.3 is 0 Å². The van der Waals surface area contributed by atoms with Crippen molar-refractivity contribution in [2.75, 3.05) is 25.6 Å². The molecule has 0 spiro atoms. The number of imidazole rings is 1. The van der Waals surface area contributed by atoms with E-state index < -0.39 is 31.5 Å². The van der Waals surface area contributed by atoms with E-state index in [2.05, 4.69) is 15.0 Å². The highest BCUT2D eigenvalue weighted by molar-refractivity contribution is 5.77. The summed E-state index contributed by atoms with van der Waals surface area (Å²) >= 11 is 0. The molecule has 2 rings (SSSR count). The van der Waals surface area contributed by atoms with E-state index in [1.165, 1.54) is 6.33 Å². The largest absolute Gasteiger partial charge is 0.476 e. The first-order valence-corrected chi connectivity index (χ1v) is 7.21. The second-order valence-corrected chi connectivity index (χ2v) is 4.96. The highest BCUT2D eigenvalue weighted by atomic mass is 19.2. The Morgan fingerprint density at radius 1 is 1.42 bits per heavy atom. The van der Waals surface area contributed by atoms with Crippen LogP contribution in [0.3, 0.4) is 0 Å². The van der Waals surface area contributed by atoms with Gasteiger partial charge in [0, 0.05) is 0 Å². The van der Waals surface area contributed by atoms with Gasteiger partial charge in [-0.2, -0.15) is 9.97 Å². The van der Waals surface area contributed by atoms with Crippen LogP contribution in [0.25, 0.3) is 11.2 Å². The predicted molar refractivity (Wildman–Crippen MR) is 79.6 cm³/mol. The van der Waals surface area contributed by atoms with Gasteiger partial charge in [-0.25, -0.2) is 13.8 Å². The van der Waals surface area contributed by atoms with Gasteiger partial charge in [-0.3, -0.25) is 4.57 Å². The summed E-state index contributed by atoms with van der Waals surface area (Å²) in [5, 5.41) is 18.5. The molecule has 11 heteroatoms. The summed E-state index contributed by atoms with van der Waals surface area (Å²) in [6, 6.07) is 0. The maximum atomic E-state index is 14.3. The van der Waals surface area contributed by atoms with Crippen molar-refractivity contribution in [3.05, 3.63) is 6.33 Å². The molecule has 4 N–H and O–H groups in total. The lowest BCUT2D eigenvalue weighted by atomic mass is 10.2. The third-order valence-corrected chi connectivity index (χ3v) is 3.30. The molecule has 0 aliphatic heterocycles. The van der Waals surface area contributed by atoms with Crippen LogP contribution in [-0.4, -0.2) is 61.6 Å². The van der Waals surface area contributed by atoms with Crippen LogP contribution in [0.4, 0.5) is 14.7 Å². The van der Waals surface area contributed by atoms with Crippen molar-refractivity contribution in [3.63, 3.8) is 0 Å². The fourth-order valence-corrected chi connectivity index (χ4v) is 2.02. The summed E-state index contributed by atoms with van der Waals surface area (Å²) < 4.78 is 39.1. The van der Waals surface area contributed by atoms with Crippen molar-refractivity contribution >= 4 is 17.1 Å². The molecule has 2 aromatic heterocycles. The number of fused-ring (bicyclic) bond motifs is 1. The standard InChI is InChI=1S/C13H19F2N5O4/c1-3-23-11-9-10(18-12(16)19-11)20(6-17-9)8(4-21)24-13(15,5-22)7(2)14/h6-8,21-22H,3-5H2,1-2H3,(H2,16,18,19)/t7-,8+,13+/m0/s1. The zero-order chi connectivity index (χ0) is 17.9. The molecule has 0 saturated heterocycles. The monoisotopic (exact) mass is 347 g/mol. The molecule has 0 aliphatic rings. The third-order valence-electron chi connectivity index (χ3n) is 3.30. The zero-order valence-corrected chi connectivity index (χ0v) is 13.2. The lowest BCUT2D eigenvalue weighted by Gasteiger charge is -2.29. The van der Waals surface area contributed by atoms with Crippen LogP contribution in [0.1, 0.15) is 20.1 Å². The molecule has 2 aromatic rings. The number of alkyl halides is 2. The lowest BCUT2D eigenvalue weighted by molar-refractivity contribution is -0.253. The van der Waals surface area contributed by atoms with E-state index in [4.69, 9.17) is 20.3 Å². The number of nitrogens with zero attached hydrogens (tertiary/aromatic N) is 4. The Morgan fingerprint density at radius 3 is 2.67 bits per heavy atom. The van der Waals surface area contributed by atoms with E-state index in [1.807, 2.05) is 0 Å². The summed E-state index contributed by atoms with van der Waals surface area (Å²) in [5.41, 5.74) is 5.93. The second-order valence-electron chi connectivity index (χ2n) is 4.96. The first kappa shape index (κ1) is 18.2. The fourth-order valence-electron chi connectivity index (χ4n) is 2.02. The quantitative estimate of drug-likeness (QED) is 0.623. The number of halogens is 2. The summed E-state index contributed by atoms with van der Waals surface area (Å²) in [5.74, 6) is -3.01. The Kier molecular flexibility index (Phi) is 5.47. The molecule has 0 fully saturated rings. The number of aliphatic hydroxyl groups excluding tert-OH is 2. The number of anilines is 1. The topological polar surface area (TPSA) is 129 Å². The van der Waals surface area contributed by atoms with Crippen molar-refractivity contribution in [2.24, 2.45) is 0 Å². The van der Waals surface area contributed by atoms with Crippen molar-refractivity contribution in [3.8, 4) is 5.88 Å². The first-order chi connectivity index (χ1) is 11.4. The molecule has 0 aromatic carbocycles. The maximum Gasteiger partial charge on any atom is 0.265 e. The molecular formula is C13H19F2N5O4. The van der Waals surface area contributed by atoms with Crippen LogP contribution in [0.5, 0.6) is 5.88 Å². The third kappa shape index (κ3) is 3.37. The number of ether oxygens (including phenoxy) is 2. The summed E-state index contributed by atoms with van der Waals surface area (Å²) in [6.07, 6.45) is -2.33. The van der Waals surface area contributed by atoms with Gasteiger partial charge in [-0.15, -0.1) is 0 Å². The SMILES string of the molecule is CCOc1nc(N)nc2c1ncn2[C@@H](CO)O[C@](F)(CO)[C@H](C)F. The van der Waals surface area contributed by atoms with E-state index in [9.17, 15) is 13.9 Å². The van der Waals surface area contributed by atoms with E-state index >= 15 is 0 Å². The van der Waals surface area contributed by atoms with Gasteiger partial charge in [0.25, 0.3) is 5.85 Å². The smallest absolute Gasteiger partial charge is 0.265 e. The zero-order valence-electron chi connectivity index (χ0n) is 13.2.